The molecule has 0 aromatic carbocycles. The van der Waals surface area contributed by atoms with Crippen molar-refractivity contribution in [2.75, 3.05) is 47.3 Å². The van der Waals surface area contributed by atoms with Gasteiger partial charge in [0.2, 0.25) is 4.46 Å². The molecule has 6 heteroatoms. The van der Waals surface area contributed by atoms with Crippen molar-refractivity contribution in [1.82, 2.24) is 14.7 Å². The summed E-state index contributed by atoms with van der Waals surface area (Å²) in [5.74, 6) is 0.723. The van der Waals surface area contributed by atoms with Gasteiger partial charge in [-0.1, -0.05) is 23.2 Å². The summed E-state index contributed by atoms with van der Waals surface area (Å²) in [5.41, 5.74) is -0.209. The predicted molar refractivity (Wildman–Crippen MR) is 84.4 cm³/mol. The minimum atomic E-state index is -1.09. The third kappa shape index (κ3) is 4.78. The summed E-state index contributed by atoms with van der Waals surface area (Å²) in [5, 5.41) is 0. The Hall–Kier alpha value is -0.0300. The van der Waals surface area contributed by atoms with Crippen LogP contribution in [0.15, 0.2) is 4.99 Å². The van der Waals surface area contributed by atoms with Gasteiger partial charge in [-0.05, 0) is 34.9 Å². The molecule has 0 aromatic heterocycles. The lowest BCUT2D eigenvalue weighted by Crippen LogP contribution is -2.51. The van der Waals surface area contributed by atoms with Crippen molar-refractivity contribution in [2.24, 2.45) is 4.99 Å². The van der Waals surface area contributed by atoms with Crippen LogP contribution in [0.25, 0.3) is 0 Å². The largest absolute Gasteiger partial charge is 0.358 e. The highest BCUT2D eigenvalue weighted by molar-refractivity contribution is 6.58. The van der Waals surface area contributed by atoms with Gasteiger partial charge < -0.3 is 9.80 Å². The van der Waals surface area contributed by atoms with E-state index >= 15 is 0 Å². The molecule has 1 aliphatic heterocycles. The number of rotatable bonds is 0. The first kappa shape index (κ1) is 17.0. The average Bonchev–Trinajstić information content (AvgIpc) is 2.29. The van der Waals surface area contributed by atoms with E-state index in [1.54, 1.807) is 0 Å². The maximum atomic E-state index is 6.59. The molecule has 4 nitrogen and oxygen atoms in total. The molecule has 0 aliphatic carbocycles. The highest BCUT2D eigenvalue weighted by Gasteiger charge is 2.39. The normalized spacial score (nSPS) is 26.1. The van der Waals surface area contributed by atoms with E-state index < -0.39 is 4.46 Å². The molecule has 1 aliphatic rings. The second kappa shape index (κ2) is 6.17. The number of halogens is 2. The molecule has 112 valence electrons. The van der Waals surface area contributed by atoms with Crippen molar-refractivity contribution in [3.8, 4) is 0 Å². The maximum absolute atomic E-state index is 6.59. The third-order valence-electron chi connectivity index (χ3n) is 3.19. The van der Waals surface area contributed by atoms with Gasteiger partial charge in [-0.15, -0.1) is 0 Å². The van der Waals surface area contributed by atoms with Crippen LogP contribution in [0.4, 0.5) is 0 Å². The highest BCUT2D eigenvalue weighted by atomic mass is 35.5. The number of hydrogen-bond acceptors (Lipinski definition) is 3. The summed E-state index contributed by atoms with van der Waals surface area (Å²) in [4.78, 5) is 11.0. The van der Waals surface area contributed by atoms with Gasteiger partial charge in [0.05, 0.1) is 5.54 Å². The van der Waals surface area contributed by atoms with Crippen LogP contribution in [0.3, 0.4) is 0 Å². The van der Waals surface area contributed by atoms with E-state index in [0.717, 1.165) is 32.0 Å². The monoisotopic (exact) mass is 308 g/mol. The van der Waals surface area contributed by atoms with Gasteiger partial charge in [-0.3, -0.25) is 9.89 Å². The molecule has 0 N–H and O–H groups in total. The quantitative estimate of drug-likeness (QED) is 0.505. The molecule has 0 bridgehead atoms. The van der Waals surface area contributed by atoms with Crippen molar-refractivity contribution in [1.29, 1.82) is 0 Å². The third-order valence-corrected chi connectivity index (χ3v) is 4.10. The van der Waals surface area contributed by atoms with Crippen LogP contribution in [0.5, 0.6) is 0 Å². The highest BCUT2D eigenvalue weighted by Crippen LogP contribution is 2.30. The Kier molecular flexibility index (Phi) is 5.52. The zero-order valence-electron chi connectivity index (χ0n) is 12.9. The Balaban J connectivity index is 3.15. The van der Waals surface area contributed by atoms with Gasteiger partial charge in [0.1, 0.15) is 0 Å². The second-order valence-corrected chi connectivity index (χ2v) is 7.58. The molecular weight excluding hydrogens is 283 g/mol. The number of nitrogens with zero attached hydrogens (tertiary/aromatic N) is 4. The van der Waals surface area contributed by atoms with Crippen molar-refractivity contribution < 1.29 is 0 Å². The summed E-state index contributed by atoms with van der Waals surface area (Å²) < 4.78 is -1.09. The van der Waals surface area contributed by atoms with E-state index in [2.05, 4.69) is 37.6 Å². The SMILES string of the molecule is CN1CCN(C)C(=NC(C)(C)C)C(Cl)(Cl)N(C)CC1. The fourth-order valence-corrected chi connectivity index (χ4v) is 2.41. The lowest BCUT2D eigenvalue weighted by molar-refractivity contribution is 0.260. The van der Waals surface area contributed by atoms with Crippen LogP contribution in [0.2, 0.25) is 0 Å². The van der Waals surface area contributed by atoms with Crippen molar-refractivity contribution in [3.63, 3.8) is 0 Å². The lowest BCUT2D eigenvalue weighted by Gasteiger charge is -2.36. The molecule has 0 saturated carbocycles. The number of amidine groups is 1. The van der Waals surface area contributed by atoms with Gasteiger partial charge >= 0.3 is 0 Å². The van der Waals surface area contributed by atoms with Crippen molar-refractivity contribution >= 4 is 29.0 Å². The zero-order chi connectivity index (χ0) is 14.8. The molecule has 0 spiro atoms. The molecule has 0 unspecified atom stereocenters. The zero-order valence-corrected chi connectivity index (χ0v) is 14.4. The van der Waals surface area contributed by atoms with Crippen LogP contribution in [0.1, 0.15) is 20.8 Å². The van der Waals surface area contributed by atoms with Crippen LogP contribution < -0.4 is 0 Å². The van der Waals surface area contributed by atoms with E-state index in [1.807, 2.05) is 19.0 Å². The first-order valence-electron chi connectivity index (χ1n) is 6.63. The Morgan fingerprint density at radius 1 is 1.00 bits per heavy atom. The van der Waals surface area contributed by atoms with E-state index in [-0.39, 0.29) is 5.54 Å². The maximum Gasteiger partial charge on any atom is 0.228 e. The Bertz CT molecular complexity index is 336. The molecule has 19 heavy (non-hydrogen) atoms. The van der Waals surface area contributed by atoms with Gasteiger partial charge in [-0.2, -0.15) is 0 Å². The standard InChI is InChI=1S/C13H26Cl2N4/c1-12(2,3)16-11-13(14,15)19(6)10-8-17(4)7-9-18(11)5/h7-10H2,1-6H3. The summed E-state index contributed by atoms with van der Waals surface area (Å²) in [6.07, 6.45) is 0. The van der Waals surface area contributed by atoms with Gasteiger partial charge in [-0.25, -0.2) is 0 Å². The van der Waals surface area contributed by atoms with E-state index in [0.29, 0.717) is 0 Å². The van der Waals surface area contributed by atoms with Crippen LogP contribution in [-0.4, -0.2) is 77.9 Å². The molecule has 1 fully saturated rings. The molecular formula is C13H26Cl2N4. The first-order chi connectivity index (χ1) is 8.54. The summed E-state index contributed by atoms with van der Waals surface area (Å²) in [6.45, 7) is 9.73. The smallest absolute Gasteiger partial charge is 0.228 e. The van der Waals surface area contributed by atoms with Crippen molar-refractivity contribution in [2.45, 2.75) is 30.8 Å². The Labute approximate surface area is 127 Å². The Morgan fingerprint density at radius 3 is 2.05 bits per heavy atom. The number of hydrogen-bond donors (Lipinski definition) is 0. The molecule has 1 saturated heterocycles. The minimum absolute atomic E-state index is 0.209. The van der Waals surface area contributed by atoms with E-state index in [4.69, 9.17) is 28.2 Å². The molecule has 0 radical (unpaired) electrons. The lowest BCUT2D eigenvalue weighted by atomic mass is 10.1. The molecule has 0 amide bonds. The number of aliphatic imine (C=N–C) groups is 1. The molecule has 1 rings (SSSR count). The molecule has 0 aromatic rings. The van der Waals surface area contributed by atoms with E-state index in [1.165, 1.54) is 0 Å². The minimum Gasteiger partial charge on any atom is -0.358 e. The van der Waals surface area contributed by atoms with Gasteiger partial charge in [0, 0.05) is 33.2 Å². The topological polar surface area (TPSA) is 22.1 Å². The molecule has 0 atom stereocenters. The van der Waals surface area contributed by atoms with E-state index in [9.17, 15) is 0 Å². The van der Waals surface area contributed by atoms with Crippen LogP contribution in [0, 0.1) is 0 Å². The van der Waals surface area contributed by atoms with Crippen molar-refractivity contribution in [3.05, 3.63) is 0 Å². The van der Waals surface area contributed by atoms with Gasteiger partial charge in [0.25, 0.3) is 0 Å². The predicted octanol–water partition coefficient (Wildman–Crippen LogP) is 2.12. The van der Waals surface area contributed by atoms with Crippen LogP contribution in [-0.2, 0) is 0 Å². The summed E-state index contributed by atoms with van der Waals surface area (Å²) in [6, 6.07) is 0. The Morgan fingerprint density at radius 2 is 1.53 bits per heavy atom. The fourth-order valence-electron chi connectivity index (χ4n) is 1.87. The summed E-state index contributed by atoms with van der Waals surface area (Å²) in [7, 11) is 6.04. The summed E-state index contributed by atoms with van der Waals surface area (Å²) >= 11 is 13.2. The fraction of sp³-hybridized carbons (Fsp3) is 0.923. The second-order valence-electron chi connectivity index (χ2n) is 6.29. The average molecular weight is 309 g/mol. The number of alkyl halides is 2. The first-order valence-corrected chi connectivity index (χ1v) is 7.38. The van der Waals surface area contributed by atoms with Crippen LogP contribution >= 0.6 is 23.2 Å². The molecule has 1 heterocycles. The number of likely N-dealkylation sites (N-methyl/N-ethyl adjacent to an activating group) is 3. The van der Waals surface area contributed by atoms with Gasteiger partial charge in [0.15, 0.2) is 5.84 Å².